The van der Waals surface area contributed by atoms with Crippen molar-refractivity contribution in [2.24, 2.45) is 0 Å². The van der Waals surface area contributed by atoms with E-state index in [1.54, 1.807) is 6.07 Å². The highest BCUT2D eigenvalue weighted by molar-refractivity contribution is 5.89. The first-order chi connectivity index (χ1) is 12.2. The quantitative estimate of drug-likeness (QED) is 0.358. The highest BCUT2D eigenvalue weighted by atomic mass is 16.5. The first-order valence-corrected chi connectivity index (χ1v) is 7.37. The highest BCUT2D eigenvalue weighted by Crippen LogP contribution is 2.04. The molecule has 26 heavy (non-hydrogen) atoms. The second-order valence-corrected chi connectivity index (χ2v) is 4.69. The summed E-state index contributed by atoms with van der Waals surface area (Å²) >= 11 is 0. The van der Waals surface area contributed by atoms with Gasteiger partial charge in [-0.05, 0) is 19.8 Å². The van der Waals surface area contributed by atoms with Gasteiger partial charge in [0.1, 0.15) is 6.61 Å². The molecule has 0 radical (unpaired) electrons. The molecule has 0 aromatic rings. The number of esters is 2. The summed E-state index contributed by atoms with van der Waals surface area (Å²) in [7, 11) is 1.25. The minimum atomic E-state index is -1.00. The number of carbonyl (C=O) groups is 3. The fourth-order valence-corrected chi connectivity index (χ4v) is 1.17. The molecule has 8 nitrogen and oxygen atoms in total. The summed E-state index contributed by atoms with van der Waals surface area (Å²) in [6, 6.07) is 1.79. The summed E-state index contributed by atoms with van der Waals surface area (Å²) in [6.45, 7) is 8.13. The summed E-state index contributed by atoms with van der Waals surface area (Å²) in [5.41, 5.74) is 0.688. The van der Waals surface area contributed by atoms with E-state index < -0.39 is 17.9 Å². The predicted molar refractivity (Wildman–Crippen MR) is 93.7 cm³/mol. The first-order valence-electron chi connectivity index (χ1n) is 7.37. The molecular weight excluding hydrogens is 342 g/mol. The van der Waals surface area contributed by atoms with Crippen molar-refractivity contribution in [1.29, 1.82) is 5.26 Å². The van der Waals surface area contributed by atoms with Crippen LogP contribution >= 0.6 is 0 Å². The van der Waals surface area contributed by atoms with Crippen molar-refractivity contribution in [3.8, 4) is 6.07 Å². The number of methoxy groups -OCH3 is 1. The molecule has 0 aliphatic heterocycles. The van der Waals surface area contributed by atoms with E-state index in [-0.39, 0.29) is 42.8 Å². The maximum Gasteiger partial charge on any atom is 0.333 e. The van der Waals surface area contributed by atoms with Crippen LogP contribution in [0.15, 0.2) is 48.1 Å². The Labute approximate surface area is 152 Å². The first kappa shape index (κ1) is 25.1. The molecule has 0 heterocycles. The topological polar surface area (TPSA) is 134 Å². The molecule has 0 fully saturated rings. The third-order valence-corrected chi connectivity index (χ3v) is 2.64. The van der Waals surface area contributed by atoms with Crippen molar-refractivity contribution >= 4 is 17.9 Å². The van der Waals surface area contributed by atoms with Gasteiger partial charge in [-0.2, -0.15) is 5.26 Å². The maximum atomic E-state index is 10.9. The lowest BCUT2D eigenvalue weighted by Gasteiger charge is -2.02. The van der Waals surface area contributed by atoms with Crippen LogP contribution < -0.4 is 0 Å². The third kappa shape index (κ3) is 13.3. The van der Waals surface area contributed by atoms with E-state index in [1.807, 2.05) is 0 Å². The van der Waals surface area contributed by atoms with Crippen molar-refractivity contribution in [2.75, 3.05) is 20.3 Å². The third-order valence-electron chi connectivity index (χ3n) is 2.64. The van der Waals surface area contributed by atoms with Gasteiger partial charge >= 0.3 is 17.9 Å². The molecule has 0 aliphatic carbocycles. The number of aliphatic carboxylic acids is 1. The molecule has 0 spiro atoms. The van der Waals surface area contributed by atoms with Crippen LogP contribution in [-0.2, 0) is 23.9 Å². The van der Waals surface area contributed by atoms with Gasteiger partial charge in [-0.25, -0.2) is 14.4 Å². The lowest BCUT2D eigenvalue weighted by Crippen LogP contribution is -2.09. The number of nitrogens with zero attached hydrogens (tertiary/aromatic N) is 1. The number of rotatable bonds is 9. The average Bonchev–Trinajstić information content (AvgIpc) is 2.63. The number of aliphatic hydroxyl groups is 1. The summed E-state index contributed by atoms with van der Waals surface area (Å²) in [5, 5.41) is 25.0. The van der Waals surface area contributed by atoms with Crippen molar-refractivity contribution in [3.05, 3.63) is 48.1 Å². The van der Waals surface area contributed by atoms with Gasteiger partial charge in [0.25, 0.3) is 0 Å². The van der Waals surface area contributed by atoms with E-state index in [4.69, 9.17) is 15.5 Å². The fraction of sp³-hybridized carbons (Fsp3) is 0.333. The molecule has 0 atom stereocenters. The number of hydrogen-bond acceptors (Lipinski definition) is 7. The smallest absolute Gasteiger partial charge is 0.333 e. The van der Waals surface area contributed by atoms with Gasteiger partial charge in [0.15, 0.2) is 0 Å². The van der Waals surface area contributed by atoms with Crippen LogP contribution in [0, 0.1) is 11.3 Å². The normalized spacial score (nSPS) is 10.2. The molecule has 8 heteroatoms. The predicted octanol–water partition coefficient (Wildman–Crippen LogP) is 1.68. The lowest BCUT2D eigenvalue weighted by molar-refractivity contribution is -0.140. The molecule has 0 aromatic heterocycles. The van der Waals surface area contributed by atoms with Crippen molar-refractivity contribution in [2.45, 2.75) is 19.8 Å². The van der Waals surface area contributed by atoms with E-state index in [9.17, 15) is 14.4 Å². The monoisotopic (exact) mass is 365 g/mol. The Morgan fingerprint density at radius 2 is 1.73 bits per heavy atom. The Morgan fingerprint density at radius 1 is 1.15 bits per heavy atom. The van der Waals surface area contributed by atoms with Gasteiger partial charge in [0, 0.05) is 22.8 Å². The van der Waals surface area contributed by atoms with Crippen LogP contribution in [0.5, 0.6) is 0 Å². The number of nitriles is 1. The molecule has 0 bridgehead atoms. The molecule has 0 aromatic carbocycles. The number of aliphatic hydroxyl groups excluding tert-OH is 1. The molecule has 0 unspecified atom stereocenters. The molecule has 0 saturated carbocycles. The number of allylic oxidation sites excluding steroid dienone is 3. The van der Waals surface area contributed by atoms with Gasteiger partial charge in [-0.1, -0.05) is 25.3 Å². The standard InChI is InChI=1S/C9H11NO3.C9H12O4/c1-8(4-2-3-5-10)9(12)13-7-6-11;1-6(8(10)11)4-5-7(2)9(12)13-3/h2-3,11H,1,4,6-7H2;4H,2,5H2,1,3H3,(H,10,11). The molecule has 0 aliphatic rings. The van der Waals surface area contributed by atoms with E-state index in [0.29, 0.717) is 0 Å². The van der Waals surface area contributed by atoms with Crippen LogP contribution in [0.3, 0.4) is 0 Å². The Balaban J connectivity index is 0. The second kappa shape index (κ2) is 15.4. The summed E-state index contributed by atoms with van der Waals surface area (Å²) in [5.74, 6) is -2.07. The second-order valence-electron chi connectivity index (χ2n) is 4.69. The van der Waals surface area contributed by atoms with Crippen LogP contribution in [0.1, 0.15) is 19.8 Å². The fourth-order valence-electron chi connectivity index (χ4n) is 1.17. The highest BCUT2D eigenvalue weighted by Gasteiger charge is 2.06. The van der Waals surface area contributed by atoms with E-state index in [1.165, 1.54) is 32.3 Å². The molecular formula is C18H23NO7. The van der Waals surface area contributed by atoms with Crippen molar-refractivity contribution in [1.82, 2.24) is 0 Å². The number of carboxylic acid groups (broad SMARTS) is 1. The zero-order valence-corrected chi connectivity index (χ0v) is 14.9. The SMILES string of the molecule is C=C(CC=C(C)C(=O)O)C(=O)OC.C=C(CC=CC#N)C(=O)OCCO. The van der Waals surface area contributed by atoms with Crippen LogP contribution in [0.4, 0.5) is 0 Å². The summed E-state index contributed by atoms with van der Waals surface area (Å²) < 4.78 is 8.97. The zero-order chi connectivity index (χ0) is 20.5. The maximum absolute atomic E-state index is 10.9. The van der Waals surface area contributed by atoms with Gasteiger partial charge in [-0.15, -0.1) is 0 Å². The lowest BCUT2D eigenvalue weighted by atomic mass is 10.1. The largest absolute Gasteiger partial charge is 0.478 e. The zero-order valence-electron chi connectivity index (χ0n) is 14.9. The molecule has 0 amide bonds. The molecule has 142 valence electrons. The van der Waals surface area contributed by atoms with Gasteiger partial charge in [0.05, 0.1) is 19.8 Å². The number of carboxylic acids is 1. The number of ether oxygens (including phenoxy) is 2. The average molecular weight is 365 g/mol. The summed E-state index contributed by atoms with van der Waals surface area (Å²) in [6.07, 6.45) is 4.69. The Kier molecular flexibility index (Phi) is 14.8. The van der Waals surface area contributed by atoms with E-state index >= 15 is 0 Å². The summed E-state index contributed by atoms with van der Waals surface area (Å²) in [4.78, 5) is 32.1. The van der Waals surface area contributed by atoms with Crippen molar-refractivity contribution < 1.29 is 34.1 Å². The van der Waals surface area contributed by atoms with Crippen LogP contribution in [0.25, 0.3) is 0 Å². The van der Waals surface area contributed by atoms with Gasteiger partial charge in [-0.3, -0.25) is 0 Å². The Bertz CT molecular complexity index is 624. The molecule has 0 saturated heterocycles. The number of hydrogen-bond donors (Lipinski definition) is 2. The minimum absolute atomic E-state index is 0.0280. The molecule has 0 rings (SSSR count). The van der Waals surface area contributed by atoms with Gasteiger partial charge < -0.3 is 19.7 Å². The van der Waals surface area contributed by atoms with E-state index in [2.05, 4.69) is 22.6 Å². The van der Waals surface area contributed by atoms with Crippen LogP contribution in [-0.4, -0.2) is 48.4 Å². The minimum Gasteiger partial charge on any atom is -0.478 e. The number of carbonyl (C=O) groups excluding carboxylic acids is 2. The van der Waals surface area contributed by atoms with Gasteiger partial charge in [0.2, 0.25) is 0 Å². The molecule has 2 N–H and O–H groups in total. The van der Waals surface area contributed by atoms with Crippen molar-refractivity contribution in [3.63, 3.8) is 0 Å². The Morgan fingerprint density at radius 3 is 2.19 bits per heavy atom. The Hall–Kier alpha value is -3.18. The van der Waals surface area contributed by atoms with E-state index in [0.717, 1.165) is 0 Å². The van der Waals surface area contributed by atoms with Crippen LogP contribution in [0.2, 0.25) is 0 Å².